The number of hydrogen-bond acceptors (Lipinski definition) is 5. The number of carbonyl (C=O) groups is 1. The fourth-order valence-corrected chi connectivity index (χ4v) is 4.66. The Morgan fingerprint density at radius 2 is 1.66 bits per heavy atom. The molecule has 2 aromatic carbocycles. The average Bonchev–Trinajstić information content (AvgIpc) is 2.87. The minimum atomic E-state index is -0.0157. The van der Waals surface area contributed by atoms with Crippen molar-refractivity contribution >= 4 is 16.8 Å². The van der Waals surface area contributed by atoms with E-state index in [0.29, 0.717) is 25.4 Å². The van der Waals surface area contributed by atoms with Crippen LogP contribution in [0.1, 0.15) is 37.8 Å². The minimum Gasteiger partial charge on any atom is -0.497 e. The van der Waals surface area contributed by atoms with E-state index in [1.165, 1.54) is 5.56 Å². The van der Waals surface area contributed by atoms with Crippen LogP contribution in [0.4, 0.5) is 0 Å². The number of methoxy groups -OCH3 is 1. The zero-order chi connectivity index (χ0) is 24.9. The number of fused-ring (bicyclic) bond motifs is 1. The van der Waals surface area contributed by atoms with Gasteiger partial charge in [-0.3, -0.25) is 14.5 Å². The topological polar surface area (TPSA) is 64.0 Å². The fraction of sp³-hybridized carbons (Fsp3) is 0.429. The lowest BCUT2D eigenvalue weighted by atomic mass is 9.98. The molecule has 35 heavy (non-hydrogen) atoms. The zero-order valence-corrected chi connectivity index (χ0v) is 21.1. The normalized spacial score (nSPS) is 14.5. The number of hydrogen-bond donors (Lipinski definition) is 0. The Bertz CT molecular complexity index is 1230. The van der Waals surface area contributed by atoms with Crippen LogP contribution in [-0.4, -0.2) is 60.2 Å². The standard InChI is InChI=1S/C28H35N3O4/c1-5-31-26-16-23(10-11-24(26)25(20(2)3)17-27(31)32)35-19-28(33)30-14-12-29(13-15-30)18-21-6-8-22(34-4)9-7-21/h6-11,16-17,20H,5,12-15,18-19H2,1-4H3. The molecule has 1 fully saturated rings. The number of ether oxygens (including phenoxy) is 2. The number of aryl methyl sites for hydroxylation is 1. The lowest BCUT2D eigenvalue weighted by Gasteiger charge is -2.34. The summed E-state index contributed by atoms with van der Waals surface area (Å²) in [6.45, 7) is 10.6. The van der Waals surface area contributed by atoms with Gasteiger partial charge in [-0.2, -0.15) is 0 Å². The Labute approximate surface area is 206 Å². The smallest absolute Gasteiger partial charge is 0.260 e. The van der Waals surface area contributed by atoms with Crippen LogP contribution >= 0.6 is 0 Å². The van der Waals surface area contributed by atoms with Crippen LogP contribution in [0.15, 0.2) is 53.3 Å². The second-order valence-electron chi connectivity index (χ2n) is 9.31. The molecule has 0 aliphatic carbocycles. The summed E-state index contributed by atoms with van der Waals surface area (Å²) in [6.07, 6.45) is 0. The highest BCUT2D eigenvalue weighted by molar-refractivity contribution is 5.84. The van der Waals surface area contributed by atoms with Crippen molar-refractivity contribution < 1.29 is 14.3 Å². The molecule has 186 valence electrons. The van der Waals surface area contributed by atoms with Gasteiger partial charge in [0, 0.05) is 56.8 Å². The molecule has 2 heterocycles. The summed E-state index contributed by atoms with van der Waals surface area (Å²) in [6, 6.07) is 15.6. The third-order valence-electron chi connectivity index (χ3n) is 6.71. The van der Waals surface area contributed by atoms with Crippen LogP contribution in [-0.2, 0) is 17.9 Å². The van der Waals surface area contributed by atoms with Gasteiger partial charge in [0.25, 0.3) is 11.5 Å². The molecule has 0 unspecified atom stereocenters. The molecular weight excluding hydrogens is 442 g/mol. The highest BCUT2D eigenvalue weighted by Crippen LogP contribution is 2.27. The number of aromatic nitrogens is 1. The van der Waals surface area contributed by atoms with E-state index in [-0.39, 0.29) is 24.0 Å². The Morgan fingerprint density at radius 3 is 2.29 bits per heavy atom. The molecule has 0 bridgehead atoms. The van der Waals surface area contributed by atoms with E-state index in [1.807, 2.05) is 42.2 Å². The first-order valence-corrected chi connectivity index (χ1v) is 12.3. The number of piperazine rings is 1. The highest BCUT2D eigenvalue weighted by atomic mass is 16.5. The predicted octanol–water partition coefficient (Wildman–Crippen LogP) is 3.88. The van der Waals surface area contributed by atoms with Crippen molar-refractivity contribution in [2.75, 3.05) is 39.9 Å². The van der Waals surface area contributed by atoms with Crippen LogP contribution < -0.4 is 15.0 Å². The number of rotatable bonds is 8. The molecule has 0 atom stereocenters. The molecule has 1 saturated heterocycles. The molecule has 0 radical (unpaired) electrons. The summed E-state index contributed by atoms with van der Waals surface area (Å²) >= 11 is 0. The maximum atomic E-state index is 12.8. The van der Waals surface area contributed by atoms with Crippen molar-refractivity contribution in [3.8, 4) is 11.5 Å². The number of nitrogens with zero attached hydrogens (tertiary/aromatic N) is 3. The summed E-state index contributed by atoms with van der Waals surface area (Å²) in [5.41, 5.74) is 3.10. The van der Waals surface area contributed by atoms with Crippen LogP contribution in [0, 0.1) is 0 Å². The number of carbonyl (C=O) groups excluding carboxylic acids is 1. The van der Waals surface area contributed by atoms with Crippen molar-refractivity contribution in [2.24, 2.45) is 0 Å². The Kier molecular flexibility index (Phi) is 7.76. The summed E-state index contributed by atoms with van der Waals surface area (Å²) in [5, 5.41) is 1.05. The van der Waals surface area contributed by atoms with E-state index in [1.54, 1.807) is 17.7 Å². The van der Waals surface area contributed by atoms with Crippen molar-refractivity contribution in [2.45, 2.75) is 39.8 Å². The second kappa shape index (κ2) is 11.0. The predicted molar refractivity (Wildman–Crippen MR) is 138 cm³/mol. The molecule has 0 N–H and O–H groups in total. The molecule has 7 heteroatoms. The molecule has 1 aromatic heterocycles. The number of benzene rings is 2. The quantitative estimate of drug-likeness (QED) is 0.493. The zero-order valence-electron chi connectivity index (χ0n) is 21.1. The van der Waals surface area contributed by atoms with Gasteiger partial charge in [0.1, 0.15) is 11.5 Å². The van der Waals surface area contributed by atoms with E-state index in [4.69, 9.17) is 9.47 Å². The van der Waals surface area contributed by atoms with Gasteiger partial charge in [-0.05, 0) is 48.2 Å². The van der Waals surface area contributed by atoms with E-state index in [2.05, 4.69) is 30.9 Å². The largest absolute Gasteiger partial charge is 0.497 e. The lowest BCUT2D eigenvalue weighted by molar-refractivity contribution is -0.135. The lowest BCUT2D eigenvalue weighted by Crippen LogP contribution is -2.49. The molecule has 1 aliphatic rings. The molecule has 0 saturated carbocycles. The maximum absolute atomic E-state index is 12.8. The number of amides is 1. The van der Waals surface area contributed by atoms with Gasteiger partial charge < -0.3 is 18.9 Å². The van der Waals surface area contributed by atoms with Gasteiger partial charge in [-0.1, -0.05) is 26.0 Å². The maximum Gasteiger partial charge on any atom is 0.260 e. The second-order valence-corrected chi connectivity index (χ2v) is 9.31. The number of pyridine rings is 1. The van der Waals surface area contributed by atoms with Gasteiger partial charge >= 0.3 is 0 Å². The van der Waals surface area contributed by atoms with Gasteiger partial charge in [0.05, 0.1) is 12.6 Å². The SMILES string of the molecule is CCn1c(=O)cc(C(C)C)c2ccc(OCC(=O)N3CCN(Cc4ccc(OC)cc4)CC3)cc21. The minimum absolute atomic E-state index is 0.00971. The molecule has 7 nitrogen and oxygen atoms in total. The van der Waals surface area contributed by atoms with Gasteiger partial charge in [-0.25, -0.2) is 0 Å². The monoisotopic (exact) mass is 477 g/mol. The van der Waals surface area contributed by atoms with Gasteiger partial charge in [0.2, 0.25) is 0 Å². The molecule has 1 aliphatic heterocycles. The summed E-state index contributed by atoms with van der Waals surface area (Å²) < 4.78 is 12.9. The molecule has 0 spiro atoms. The summed E-state index contributed by atoms with van der Waals surface area (Å²) in [5.74, 6) is 1.69. The van der Waals surface area contributed by atoms with E-state index in [9.17, 15) is 9.59 Å². The van der Waals surface area contributed by atoms with Crippen molar-refractivity contribution in [1.29, 1.82) is 0 Å². The Hall–Kier alpha value is -3.32. The average molecular weight is 478 g/mol. The van der Waals surface area contributed by atoms with Crippen LogP contribution in [0.3, 0.4) is 0 Å². The Balaban J connectivity index is 1.35. The first-order valence-electron chi connectivity index (χ1n) is 12.3. The van der Waals surface area contributed by atoms with Crippen LogP contribution in [0.5, 0.6) is 11.5 Å². The molecular formula is C28H35N3O4. The first kappa shape index (κ1) is 24.8. The van der Waals surface area contributed by atoms with Gasteiger partial charge in [-0.15, -0.1) is 0 Å². The van der Waals surface area contributed by atoms with E-state index < -0.39 is 0 Å². The fourth-order valence-electron chi connectivity index (χ4n) is 4.66. The third-order valence-corrected chi connectivity index (χ3v) is 6.71. The van der Waals surface area contributed by atoms with Crippen molar-refractivity contribution in [3.63, 3.8) is 0 Å². The van der Waals surface area contributed by atoms with E-state index >= 15 is 0 Å². The van der Waals surface area contributed by atoms with Crippen molar-refractivity contribution in [1.82, 2.24) is 14.4 Å². The first-order chi connectivity index (χ1) is 16.9. The summed E-state index contributed by atoms with van der Waals surface area (Å²) in [7, 11) is 1.67. The van der Waals surface area contributed by atoms with E-state index in [0.717, 1.165) is 41.9 Å². The Morgan fingerprint density at radius 1 is 0.971 bits per heavy atom. The third kappa shape index (κ3) is 5.68. The molecule has 3 aromatic rings. The highest BCUT2D eigenvalue weighted by Gasteiger charge is 2.22. The van der Waals surface area contributed by atoms with Gasteiger partial charge in [0.15, 0.2) is 6.61 Å². The molecule has 4 rings (SSSR count). The summed E-state index contributed by atoms with van der Waals surface area (Å²) in [4.78, 5) is 29.6. The van der Waals surface area contributed by atoms with Crippen molar-refractivity contribution in [3.05, 3.63) is 70.0 Å². The van der Waals surface area contributed by atoms with Crippen LogP contribution in [0.25, 0.3) is 10.9 Å². The molecule has 1 amide bonds. The van der Waals surface area contributed by atoms with Crippen LogP contribution in [0.2, 0.25) is 0 Å².